The van der Waals surface area contributed by atoms with Gasteiger partial charge in [-0.3, -0.25) is 0 Å². The second-order valence-corrected chi connectivity index (χ2v) is 4.29. The van der Waals surface area contributed by atoms with Gasteiger partial charge in [0, 0.05) is 12.1 Å². The van der Waals surface area contributed by atoms with Crippen molar-refractivity contribution in [2.75, 3.05) is 6.54 Å². The Kier molecular flexibility index (Phi) is 4.15. The number of aryl methyl sites for hydroxylation is 2. The summed E-state index contributed by atoms with van der Waals surface area (Å²) in [5.74, 6) is 0.937. The molecular weight excluding hydrogens is 228 g/mol. The number of hydrogen-bond acceptors (Lipinski definition) is 4. The molecule has 98 valence electrons. The SMILES string of the molecule is CCCNC(c1ccoc1C)c1cnnn1CC. The third kappa shape index (κ3) is 2.46. The molecule has 0 aliphatic carbocycles. The van der Waals surface area contributed by atoms with E-state index in [-0.39, 0.29) is 6.04 Å². The summed E-state index contributed by atoms with van der Waals surface area (Å²) in [7, 11) is 0. The van der Waals surface area contributed by atoms with Gasteiger partial charge in [-0.15, -0.1) is 5.10 Å². The van der Waals surface area contributed by atoms with Crippen LogP contribution in [-0.4, -0.2) is 21.5 Å². The summed E-state index contributed by atoms with van der Waals surface area (Å²) < 4.78 is 7.32. The smallest absolute Gasteiger partial charge is 0.105 e. The first kappa shape index (κ1) is 12.8. The van der Waals surface area contributed by atoms with Crippen LogP contribution in [0.3, 0.4) is 0 Å². The van der Waals surface area contributed by atoms with Crippen molar-refractivity contribution in [2.24, 2.45) is 0 Å². The fraction of sp³-hybridized carbons (Fsp3) is 0.538. The highest BCUT2D eigenvalue weighted by Crippen LogP contribution is 2.25. The lowest BCUT2D eigenvalue weighted by atomic mass is 10.0. The Labute approximate surface area is 107 Å². The number of aromatic nitrogens is 3. The molecule has 2 rings (SSSR count). The molecule has 0 aromatic carbocycles. The molecule has 0 spiro atoms. The van der Waals surface area contributed by atoms with Crippen LogP contribution in [0.25, 0.3) is 0 Å². The Morgan fingerprint density at radius 1 is 1.44 bits per heavy atom. The normalized spacial score (nSPS) is 12.8. The van der Waals surface area contributed by atoms with Gasteiger partial charge in [0.15, 0.2) is 0 Å². The van der Waals surface area contributed by atoms with Gasteiger partial charge in [0.1, 0.15) is 5.76 Å². The predicted octanol–water partition coefficient (Wildman–Crippen LogP) is 2.29. The summed E-state index contributed by atoms with van der Waals surface area (Å²) in [6.45, 7) is 7.97. The molecule has 0 aliphatic rings. The Bertz CT molecular complexity index is 489. The first-order valence-electron chi connectivity index (χ1n) is 6.43. The maximum atomic E-state index is 5.41. The summed E-state index contributed by atoms with van der Waals surface area (Å²) in [4.78, 5) is 0. The average molecular weight is 248 g/mol. The van der Waals surface area contributed by atoms with Crippen LogP contribution in [0.1, 0.15) is 43.3 Å². The third-order valence-corrected chi connectivity index (χ3v) is 3.05. The van der Waals surface area contributed by atoms with Gasteiger partial charge in [-0.05, 0) is 32.9 Å². The largest absolute Gasteiger partial charge is 0.469 e. The van der Waals surface area contributed by atoms with Gasteiger partial charge < -0.3 is 9.73 Å². The Morgan fingerprint density at radius 2 is 2.28 bits per heavy atom. The van der Waals surface area contributed by atoms with Crippen molar-refractivity contribution in [3.63, 3.8) is 0 Å². The zero-order valence-electron chi connectivity index (χ0n) is 11.2. The fourth-order valence-corrected chi connectivity index (χ4v) is 2.09. The van der Waals surface area contributed by atoms with Crippen LogP contribution in [0.15, 0.2) is 22.9 Å². The summed E-state index contributed by atoms with van der Waals surface area (Å²) in [5, 5.41) is 11.6. The van der Waals surface area contributed by atoms with Crippen LogP contribution in [0.2, 0.25) is 0 Å². The lowest BCUT2D eigenvalue weighted by Gasteiger charge is -2.18. The van der Waals surface area contributed by atoms with Gasteiger partial charge >= 0.3 is 0 Å². The summed E-state index contributed by atoms with van der Waals surface area (Å²) in [6, 6.07) is 2.11. The van der Waals surface area contributed by atoms with E-state index >= 15 is 0 Å². The minimum absolute atomic E-state index is 0.0960. The highest BCUT2D eigenvalue weighted by molar-refractivity contribution is 5.28. The number of hydrogen-bond donors (Lipinski definition) is 1. The molecule has 1 atom stereocenters. The third-order valence-electron chi connectivity index (χ3n) is 3.05. The number of furan rings is 1. The second kappa shape index (κ2) is 5.82. The summed E-state index contributed by atoms with van der Waals surface area (Å²) in [5.41, 5.74) is 2.23. The van der Waals surface area contributed by atoms with E-state index < -0.39 is 0 Å². The van der Waals surface area contributed by atoms with Gasteiger partial charge in [0.2, 0.25) is 0 Å². The van der Waals surface area contributed by atoms with E-state index in [2.05, 4.69) is 29.5 Å². The second-order valence-electron chi connectivity index (χ2n) is 4.29. The monoisotopic (exact) mass is 248 g/mol. The number of nitrogens with zero attached hydrogens (tertiary/aromatic N) is 3. The lowest BCUT2D eigenvalue weighted by Crippen LogP contribution is -2.26. The molecule has 0 fully saturated rings. The van der Waals surface area contributed by atoms with E-state index in [1.165, 1.54) is 0 Å². The van der Waals surface area contributed by atoms with Crippen LogP contribution in [0.4, 0.5) is 0 Å². The maximum Gasteiger partial charge on any atom is 0.105 e. The molecule has 0 radical (unpaired) electrons. The minimum atomic E-state index is 0.0960. The summed E-state index contributed by atoms with van der Waals surface area (Å²) >= 11 is 0. The maximum absolute atomic E-state index is 5.41. The molecule has 0 bridgehead atoms. The minimum Gasteiger partial charge on any atom is -0.469 e. The van der Waals surface area contributed by atoms with Crippen LogP contribution < -0.4 is 5.32 Å². The molecule has 18 heavy (non-hydrogen) atoms. The van der Waals surface area contributed by atoms with E-state index in [1.54, 1.807) is 6.26 Å². The quantitative estimate of drug-likeness (QED) is 0.852. The van der Waals surface area contributed by atoms with Crippen LogP contribution in [0.5, 0.6) is 0 Å². The number of nitrogens with one attached hydrogen (secondary N) is 1. The van der Waals surface area contributed by atoms with E-state index in [4.69, 9.17) is 4.42 Å². The molecule has 2 aromatic rings. The molecule has 1 N–H and O–H groups in total. The Balaban J connectivity index is 2.34. The highest BCUT2D eigenvalue weighted by Gasteiger charge is 2.21. The Morgan fingerprint density at radius 3 is 2.89 bits per heavy atom. The zero-order chi connectivity index (χ0) is 13.0. The van der Waals surface area contributed by atoms with Crippen molar-refractivity contribution in [2.45, 2.75) is 39.8 Å². The molecule has 2 heterocycles. The van der Waals surface area contributed by atoms with E-state index in [0.29, 0.717) is 0 Å². The van der Waals surface area contributed by atoms with Crippen molar-refractivity contribution in [3.8, 4) is 0 Å². The molecule has 1 unspecified atom stereocenters. The molecule has 5 heteroatoms. The van der Waals surface area contributed by atoms with Crippen molar-refractivity contribution in [1.29, 1.82) is 0 Å². The van der Waals surface area contributed by atoms with Gasteiger partial charge in [0.05, 0.1) is 24.2 Å². The van der Waals surface area contributed by atoms with E-state index in [0.717, 1.165) is 36.5 Å². The van der Waals surface area contributed by atoms with Gasteiger partial charge in [0.25, 0.3) is 0 Å². The fourth-order valence-electron chi connectivity index (χ4n) is 2.09. The topological polar surface area (TPSA) is 55.9 Å². The first-order chi connectivity index (χ1) is 8.77. The van der Waals surface area contributed by atoms with Crippen LogP contribution >= 0.6 is 0 Å². The Hall–Kier alpha value is -1.62. The molecule has 5 nitrogen and oxygen atoms in total. The molecule has 0 saturated carbocycles. The van der Waals surface area contributed by atoms with Crippen LogP contribution in [-0.2, 0) is 6.54 Å². The summed E-state index contributed by atoms with van der Waals surface area (Å²) in [6.07, 6.45) is 4.63. The van der Waals surface area contributed by atoms with Gasteiger partial charge in [-0.1, -0.05) is 12.1 Å². The molecule has 0 aliphatic heterocycles. The predicted molar refractivity (Wildman–Crippen MR) is 69.3 cm³/mol. The number of rotatable bonds is 6. The van der Waals surface area contributed by atoms with Crippen LogP contribution in [0, 0.1) is 6.92 Å². The van der Waals surface area contributed by atoms with Crippen molar-refractivity contribution in [3.05, 3.63) is 35.5 Å². The lowest BCUT2D eigenvalue weighted by molar-refractivity contribution is 0.498. The van der Waals surface area contributed by atoms with E-state index in [1.807, 2.05) is 23.9 Å². The zero-order valence-corrected chi connectivity index (χ0v) is 11.2. The molecule has 0 amide bonds. The first-order valence-corrected chi connectivity index (χ1v) is 6.43. The van der Waals surface area contributed by atoms with Crippen molar-refractivity contribution < 1.29 is 4.42 Å². The molecule has 0 saturated heterocycles. The molecule has 2 aromatic heterocycles. The average Bonchev–Trinajstić information content (AvgIpc) is 2.99. The molecular formula is C13H20N4O. The van der Waals surface area contributed by atoms with Gasteiger partial charge in [-0.2, -0.15) is 0 Å². The van der Waals surface area contributed by atoms with E-state index in [9.17, 15) is 0 Å². The van der Waals surface area contributed by atoms with Crippen molar-refractivity contribution in [1.82, 2.24) is 20.3 Å². The highest BCUT2D eigenvalue weighted by atomic mass is 16.3. The van der Waals surface area contributed by atoms with Crippen molar-refractivity contribution >= 4 is 0 Å². The standard InChI is InChI=1S/C13H20N4O/c1-4-7-14-13(11-6-8-18-10(11)3)12-9-15-16-17(12)5-2/h6,8-9,13-14H,4-5,7H2,1-3H3. The van der Waals surface area contributed by atoms with Gasteiger partial charge in [-0.25, -0.2) is 4.68 Å².